The van der Waals surface area contributed by atoms with Crippen LogP contribution in [0.1, 0.15) is 35.0 Å². The van der Waals surface area contributed by atoms with E-state index in [2.05, 4.69) is 15.8 Å². The molecule has 0 saturated carbocycles. The number of aromatic nitrogens is 1. The van der Waals surface area contributed by atoms with E-state index >= 15 is 0 Å². The SMILES string of the molecule is Cc1cc(CNC(=O)N[C@@H]2CCc3cc(F)ccc32)no1. The van der Waals surface area contributed by atoms with Crippen molar-refractivity contribution >= 4 is 6.03 Å². The van der Waals surface area contributed by atoms with Crippen molar-refractivity contribution in [2.45, 2.75) is 32.4 Å². The number of rotatable bonds is 3. The fraction of sp³-hybridized carbons (Fsp3) is 0.333. The van der Waals surface area contributed by atoms with Gasteiger partial charge < -0.3 is 15.2 Å². The summed E-state index contributed by atoms with van der Waals surface area (Å²) in [7, 11) is 0. The summed E-state index contributed by atoms with van der Waals surface area (Å²) < 4.78 is 18.1. The average Bonchev–Trinajstić information content (AvgIpc) is 3.03. The van der Waals surface area contributed by atoms with E-state index in [-0.39, 0.29) is 17.9 Å². The Kier molecular flexibility index (Phi) is 3.60. The molecular weight excluding hydrogens is 273 g/mol. The van der Waals surface area contributed by atoms with Crippen LogP contribution in [0.4, 0.5) is 9.18 Å². The van der Waals surface area contributed by atoms with Crippen molar-refractivity contribution in [1.29, 1.82) is 0 Å². The van der Waals surface area contributed by atoms with Gasteiger partial charge in [-0.25, -0.2) is 9.18 Å². The second kappa shape index (κ2) is 5.55. The summed E-state index contributed by atoms with van der Waals surface area (Å²) in [6.07, 6.45) is 1.57. The first-order valence-corrected chi connectivity index (χ1v) is 6.87. The van der Waals surface area contributed by atoms with E-state index in [1.165, 1.54) is 12.1 Å². The smallest absolute Gasteiger partial charge is 0.315 e. The topological polar surface area (TPSA) is 67.2 Å². The Morgan fingerprint density at radius 1 is 1.48 bits per heavy atom. The van der Waals surface area contributed by atoms with Crippen LogP contribution < -0.4 is 10.6 Å². The van der Waals surface area contributed by atoms with Crippen LogP contribution in [0.2, 0.25) is 0 Å². The Morgan fingerprint density at radius 3 is 3.10 bits per heavy atom. The van der Waals surface area contributed by atoms with Crippen LogP contribution in [-0.4, -0.2) is 11.2 Å². The molecule has 1 heterocycles. The maximum absolute atomic E-state index is 13.1. The molecule has 0 saturated heterocycles. The molecule has 0 unspecified atom stereocenters. The Morgan fingerprint density at radius 2 is 2.33 bits per heavy atom. The molecule has 1 atom stereocenters. The third kappa shape index (κ3) is 3.04. The molecule has 2 N–H and O–H groups in total. The van der Waals surface area contributed by atoms with Crippen LogP contribution in [0.25, 0.3) is 0 Å². The van der Waals surface area contributed by atoms with Gasteiger partial charge in [-0.2, -0.15) is 0 Å². The van der Waals surface area contributed by atoms with Crippen LogP contribution in [-0.2, 0) is 13.0 Å². The van der Waals surface area contributed by atoms with Gasteiger partial charge in [-0.15, -0.1) is 0 Å². The molecule has 1 aliphatic rings. The average molecular weight is 289 g/mol. The molecule has 2 amide bonds. The molecule has 110 valence electrons. The summed E-state index contributed by atoms with van der Waals surface area (Å²) in [5, 5.41) is 9.44. The second-order valence-corrected chi connectivity index (χ2v) is 5.19. The van der Waals surface area contributed by atoms with Gasteiger partial charge in [-0.05, 0) is 43.0 Å². The van der Waals surface area contributed by atoms with Crippen molar-refractivity contribution in [1.82, 2.24) is 15.8 Å². The first-order valence-electron chi connectivity index (χ1n) is 6.87. The lowest BCUT2D eigenvalue weighted by molar-refractivity contribution is 0.236. The van der Waals surface area contributed by atoms with Gasteiger partial charge in [0, 0.05) is 6.07 Å². The molecule has 1 aromatic heterocycles. The predicted octanol–water partition coefficient (Wildman–Crippen LogP) is 2.61. The number of carbonyl (C=O) groups excluding carboxylic acids is 1. The van der Waals surface area contributed by atoms with Crippen LogP contribution in [0.5, 0.6) is 0 Å². The number of hydrogen-bond donors (Lipinski definition) is 2. The highest BCUT2D eigenvalue weighted by atomic mass is 19.1. The number of hydrogen-bond acceptors (Lipinski definition) is 3. The van der Waals surface area contributed by atoms with Crippen molar-refractivity contribution in [2.75, 3.05) is 0 Å². The molecule has 0 radical (unpaired) electrons. The zero-order chi connectivity index (χ0) is 14.8. The van der Waals surface area contributed by atoms with Crippen molar-refractivity contribution in [2.24, 2.45) is 0 Å². The molecular formula is C15H16FN3O2. The molecule has 1 aromatic carbocycles. The van der Waals surface area contributed by atoms with Gasteiger partial charge >= 0.3 is 6.03 Å². The molecule has 0 fully saturated rings. The van der Waals surface area contributed by atoms with E-state index in [0.29, 0.717) is 18.0 Å². The number of halogens is 1. The number of nitrogens with one attached hydrogen (secondary N) is 2. The van der Waals surface area contributed by atoms with Gasteiger partial charge in [0.15, 0.2) is 0 Å². The third-order valence-corrected chi connectivity index (χ3v) is 3.59. The zero-order valence-corrected chi connectivity index (χ0v) is 11.6. The number of carbonyl (C=O) groups is 1. The quantitative estimate of drug-likeness (QED) is 0.912. The van der Waals surface area contributed by atoms with E-state index < -0.39 is 0 Å². The lowest BCUT2D eigenvalue weighted by atomic mass is 10.1. The summed E-state index contributed by atoms with van der Waals surface area (Å²) in [6, 6.07) is 6.14. The monoisotopic (exact) mass is 289 g/mol. The highest BCUT2D eigenvalue weighted by Crippen LogP contribution is 2.31. The summed E-state index contributed by atoms with van der Waals surface area (Å²) in [6.45, 7) is 2.11. The van der Waals surface area contributed by atoms with Crippen LogP contribution in [0.15, 0.2) is 28.8 Å². The number of amides is 2. The minimum absolute atomic E-state index is 0.0698. The normalized spacial score (nSPS) is 16.6. The van der Waals surface area contributed by atoms with Crippen LogP contribution in [0, 0.1) is 12.7 Å². The third-order valence-electron chi connectivity index (χ3n) is 3.59. The highest BCUT2D eigenvalue weighted by Gasteiger charge is 2.24. The predicted molar refractivity (Wildman–Crippen MR) is 74.1 cm³/mol. The van der Waals surface area contributed by atoms with Crippen LogP contribution in [0.3, 0.4) is 0 Å². The fourth-order valence-corrected chi connectivity index (χ4v) is 2.62. The van der Waals surface area contributed by atoms with E-state index in [1.807, 2.05) is 0 Å². The molecule has 1 aliphatic carbocycles. The number of benzene rings is 1. The molecule has 2 aromatic rings. The van der Waals surface area contributed by atoms with Gasteiger partial charge in [-0.1, -0.05) is 11.2 Å². The molecule has 5 nitrogen and oxygen atoms in total. The minimum atomic E-state index is -0.266. The zero-order valence-electron chi connectivity index (χ0n) is 11.6. The number of nitrogens with zero attached hydrogens (tertiary/aromatic N) is 1. The number of aryl methyl sites for hydroxylation is 2. The minimum Gasteiger partial charge on any atom is -0.361 e. The lowest BCUT2D eigenvalue weighted by Gasteiger charge is -2.14. The summed E-state index contributed by atoms with van der Waals surface area (Å²) in [5.74, 6) is 0.471. The van der Waals surface area contributed by atoms with Gasteiger partial charge in [0.05, 0.1) is 12.6 Å². The highest BCUT2D eigenvalue weighted by molar-refractivity contribution is 5.74. The van der Waals surface area contributed by atoms with Gasteiger partial charge in [0.2, 0.25) is 0 Å². The van der Waals surface area contributed by atoms with Crippen LogP contribution >= 0.6 is 0 Å². The number of fused-ring (bicyclic) bond motifs is 1. The van der Waals surface area contributed by atoms with Gasteiger partial charge in [0.25, 0.3) is 0 Å². The van der Waals surface area contributed by atoms with E-state index in [4.69, 9.17) is 4.52 Å². The molecule has 0 spiro atoms. The Balaban J connectivity index is 1.57. The molecule has 0 bridgehead atoms. The van der Waals surface area contributed by atoms with Gasteiger partial charge in [0.1, 0.15) is 17.3 Å². The van der Waals surface area contributed by atoms with Crippen molar-refractivity contribution in [3.05, 3.63) is 52.7 Å². The Bertz CT molecular complexity index is 669. The maximum Gasteiger partial charge on any atom is 0.315 e. The first kappa shape index (κ1) is 13.6. The van der Waals surface area contributed by atoms with E-state index in [9.17, 15) is 9.18 Å². The van der Waals surface area contributed by atoms with E-state index in [1.54, 1.807) is 19.1 Å². The van der Waals surface area contributed by atoms with Gasteiger partial charge in [-0.3, -0.25) is 0 Å². The fourth-order valence-electron chi connectivity index (χ4n) is 2.62. The molecule has 0 aliphatic heterocycles. The van der Waals surface area contributed by atoms with Crippen molar-refractivity contribution in [3.63, 3.8) is 0 Å². The molecule has 21 heavy (non-hydrogen) atoms. The summed E-state index contributed by atoms with van der Waals surface area (Å²) in [5.41, 5.74) is 2.63. The van der Waals surface area contributed by atoms with E-state index in [0.717, 1.165) is 24.0 Å². The standard InChI is InChI=1S/C15H16FN3O2/c1-9-6-12(19-21-9)8-17-15(20)18-14-5-2-10-7-11(16)3-4-13(10)14/h3-4,6-7,14H,2,5,8H2,1H3,(H2,17,18,20)/t14-/m1/s1. The largest absolute Gasteiger partial charge is 0.361 e. The maximum atomic E-state index is 13.1. The second-order valence-electron chi connectivity index (χ2n) is 5.19. The first-order chi connectivity index (χ1) is 10.1. The lowest BCUT2D eigenvalue weighted by Crippen LogP contribution is -2.37. The Hall–Kier alpha value is -2.37. The Labute approximate surface area is 121 Å². The molecule has 3 rings (SSSR count). The molecule has 6 heteroatoms. The number of urea groups is 1. The summed E-state index contributed by atoms with van der Waals surface area (Å²) >= 11 is 0. The summed E-state index contributed by atoms with van der Waals surface area (Å²) in [4.78, 5) is 11.9. The van der Waals surface area contributed by atoms with Crippen molar-refractivity contribution in [3.8, 4) is 0 Å². The van der Waals surface area contributed by atoms with Crippen molar-refractivity contribution < 1.29 is 13.7 Å².